The SMILES string of the molecule is CN(Cc1ccccc1F)C(=O)CSCCCO. The summed E-state index contributed by atoms with van der Waals surface area (Å²) >= 11 is 1.48. The molecule has 0 spiro atoms. The van der Waals surface area contributed by atoms with Crippen LogP contribution >= 0.6 is 11.8 Å². The normalized spacial score (nSPS) is 10.4. The largest absolute Gasteiger partial charge is 0.396 e. The topological polar surface area (TPSA) is 40.5 Å². The lowest BCUT2D eigenvalue weighted by molar-refractivity contribution is -0.127. The predicted molar refractivity (Wildman–Crippen MR) is 71.9 cm³/mol. The fraction of sp³-hybridized carbons (Fsp3) is 0.462. The van der Waals surface area contributed by atoms with Crippen LogP contribution in [0.25, 0.3) is 0 Å². The minimum absolute atomic E-state index is 0.0267. The van der Waals surface area contributed by atoms with Gasteiger partial charge in [0, 0.05) is 25.8 Å². The number of rotatable bonds is 7. The Kier molecular flexibility index (Phi) is 6.75. The smallest absolute Gasteiger partial charge is 0.232 e. The summed E-state index contributed by atoms with van der Waals surface area (Å²) in [5, 5.41) is 8.62. The highest BCUT2D eigenvalue weighted by Gasteiger charge is 2.11. The van der Waals surface area contributed by atoms with Gasteiger partial charge in [-0.3, -0.25) is 4.79 Å². The van der Waals surface area contributed by atoms with E-state index in [4.69, 9.17) is 5.11 Å². The molecule has 5 heteroatoms. The summed E-state index contributed by atoms with van der Waals surface area (Å²) in [4.78, 5) is 13.3. The van der Waals surface area contributed by atoms with E-state index in [1.807, 2.05) is 0 Å². The lowest BCUT2D eigenvalue weighted by Gasteiger charge is -2.17. The Morgan fingerprint density at radius 2 is 2.17 bits per heavy atom. The summed E-state index contributed by atoms with van der Waals surface area (Å²) in [6, 6.07) is 6.46. The standard InChI is InChI=1S/C13H18FNO2S/c1-15(13(17)10-18-8-4-7-16)9-11-5-2-3-6-12(11)14/h2-3,5-6,16H,4,7-10H2,1H3. The fourth-order valence-electron chi connectivity index (χ4n) is 1.41. The maximum absolute atomic E-state index is 13.4. The first-order valence-corrected chi connectivity index (χ1v) is 6.96. The van der Waals surface area contributed by atoms with Gasteiger partial charge in [-0.2, -0.15) is 11.8 Å². The molecule has 0 fully saturated rings. The van der Waals surface area contributed by atoms with E-state index in [1.165, 1.54) is 22.7 Å². The molecule has 0 heterocycles. The summed E-state index contributed by atoms with van der Waals surface area (Å²) in [5.74, 6) is 0.812. The number of hydrogen-bond acceptors (Lipinski definition) is 3. The quantitative estimate of drug-likeness (QED) is 0.770. The number of hydrogen-bond donors (Lipinski definition) is 1. The van der Waals surface area contributed by atoms with Crippen LogP contribution in [0.4, 0.5) is 4.39 Å². The van der Waals surface area contributed by atoms with Gasteiger partial charge in [-0.1, -0.05) is 18.2 Å². The van der Waals surface area contributed by atoms with Gasteiger partial charge in [0.05, 0.1) is 5.75 Å². The van der Waals surface area contributed by atoms with E-state index in [2.05, 4.69) is 0 Å². The van der Waals surface area contributed by atoms with Crippen molar-refractivity contribution in [3.63, 3.8) is 0 Å². The zero-order valence-electron chi connectivity index (χ0n) is 10.4. The van der Waals surface area contributed by atoms with Crippen LogP contribution in [0.1, 0.15) is 12.0 Å². The summed E-state index contributed by atoms with van der Waals surface area (Å²) in [6.45, 7) is 0.429. The molecule has 1 aromatic rings. The molecule has 1 rings (SSSR count). The van der Waals surface area contributed by atoms with Crippen LogP contribution in [0.2, 0.25) is 0 Å². The molecule has 0 aromatic heterocycles. The first-order valence-electron chi connectivity index (χ1n) is 5.81. The predicted octanol–water partition coefficient (Wildman–Crippen LogP) is 1.90. The molecule has 0 bridgehead atoms. The molecule has 3 nitrogen and oxygen atoms in total. The van der Waals surface area contributed by atoms with E-state index in [-0.39, 0.29) is 24.9 Å². The summed E-state index contributed by atoms with van der Waals surface area (Å²) in [5.41, 5.74) is 0.522. The zero-order valence-corrected chi connectivity index (χ0v) is 11.3. The van der Waals surface area contributed by atoms with Crippen LogP contribution in [-0.4, -0.2) is 41.1 Å². The Hall–Kier alpha value is -1.07. The molecule has 0 aliphatic heterocycles. The second-order valence-corrected chi connectivity index (χ2v) is 5.08. The molecule has 0 unspecified atom stereocenters. The third-order valence-corrected chi connectivity index (χ3v) is 3.49. The van der Waals surface area contributed by atoms with Crippen molar-refractivity contribution in [2.45, 2.75) is 13.0 Å². The number of nitrogens with zero attached hydrogens (tertiary/aromatic N) is 1. The third kappa shape index (κ3) is 5.06. The number of halogens is 1. The number of benzene rings is 1. The van der Waals surface area contributed by atoms with Crippen LogP contribution in [0.15, 0.2) is 24.3 Å². The highest BCUT2D eigenvalue weighted by atomic mass is 32.2. The highest BCUT2D eigenvalue weighted by Crippen LogP contribution is 2.10. The molecule has 0 saturated heterocycles. The highest BCUT2D eigenvalue weighted by molar-refractivity contribution is 7.99. The molecule has 100 valence electrons. The number of amides is 1. The number of aliphatic hydroxyl groups is 1. The van der Waals surface area contributed by atoms with Gasteiger partial charge in [0.15, 0.2) is 0 Å². The van der Waals surface area contributed by atoms with Crippen LogP contribution in [-0.2, 0) is 11.3 Å². The van der Waals surface area contributed by atoms with Crippen molar-refractivity contribution in [3.8, 4) is 0 Å². The van der Waals surface area contributed by atoms with Gasteiger partial charge < -0.3 is 10.0 Å². The lowest BCUT2D eigenvalue weighted by atomic mass is 10.2. The molecule has 1 N–H and O–H groups in total. The number of carbonyl (C=O) groups is 1. The maximum atomic E-state index is 13.4. The molecular weight excluding hydrogens is 253 g/mol. The first kappa shape index (κ1) is 15.0. The Balaban J connectivity index is 2.38. The van der Waals surface area contributed by atoms with Crippen molar-refractivity contribution in [3.05, 3.63) is 35.6 Å². The molecule has 0 atom stereocenters. The minimum Gasteiger partial charge on any atom is -0.396 e. The number of aliphatic hydroxyl groups excluding tert-OH is 1. The molecule has 0 saturated carbocycles. The van der Waals surface area contributed by atoms with Gasteiger partial charge in [-0.05, 0) is 18.2 Å². The summed E-state index contributed by atoms with van der Waals surface area (Å²) in [6.07, 6.45) is 0.689. The first-order chi connectivity index (χ1) is 8.65. The van der Waals surface area contributed by atoms with Gasteiger partial charge >= 0.3 is 0 Å². The zero-order chi connectivity index (χ0) is 13.4. The summed E-state index contributed by atoms with van der Waals surface area (Å²) < 4.78 is 13.4. The van der Waals surface area contributed by atoms with Crippen LogP contribution < -0.4 is 0 Å². The van der Waals surface area contributed by atoms with Crippen molar-refractivity contribution in [2.24, 2.45) is 0 Å². The molecule has 0 aliphatic carbocycles. The fourth-order valence-corrected chi connectivity index (χ4v) is 2.28. The van der Waals surface area contributed by atoms with Gasteiger partial charge in [-0.15, -0.1) is 0 Å². The molecule has 1 aromatic carbocycles. The Morgan fingerprint density at radius 3 is 2.83 bits per heavy atom. The number of carbonyl (C=O) groups excluding carboxylic acids is 1. The van der Waals surface area contributed by atoms with Crippen LogP contribution in [0.3, 0.4) is 0 Å². The monoisotopic (exact) mass is 271 g/mol. The van der Waals surface area contributed by atoms with Crippen LogP contribution in [0.5, 0.6) is 0 Å². The third-order valence-electron chi connectivity index (χ3n) is 2.46. The molecule has 0 aliphatic rings. The summed E-state index contributed by atoms with van der Waals surface area (Å²) in [7, 11) is 1.67. The molecule has 18 heavy (non-hydrogen) atoms. The van der Waals surface area contributed by atoms with E-state index in [9.17, 15) is 9.18 Å². The Labute approximate surface area is 111 Å². The van der Waals surface area contributed by atoms with E-state index >= 15 is 0 Å². The number of thioether (sulfide) groups is 1. The van der Waals surface area contributed by atoms with Gasteiger partial charge in [0.25, 0.3) is 0 Å². The van der Waals surface area contributed by atoms with Crippen molar-refractivity contribution < 1.29 is 14.3 Å². The minimum atomic E-state index is -0.287. The van der Waals surface area contributed by atoms with E-state index in [0.717, 1.165) is 5.75 Å². The molecular formula is C13H18FNO2S. The van der Waals surface area contributed by atoms with Crippen molar-refractivity contribution in [2.75, 3.05) is 25.2 Å². The van der Waals surface area contributed by atoms with Gasteiger partial charge in [0.1, 0.15) is 5.82 Å². The maximum Gasteiger partial charge on any atom is 0.232 e. The lowest BCUT2D eigenvalue weighted by Crippen LogP contribution is -2.28. The van der Waals surface area contributed by atoms with Crippen molar-refractivity contribution in [1.82, 2.24) is 4.90 Å². The van der Waals surface area contributed by atoms with E-state index in [0.29, 0.717) is 17.7 Å². The average Bonchev–Trinajstić information content (AvgIpc) is 2.37. The van der Waals surface area contributed by atoms with Gasteiger partial charge in [-0.25, -0.2) is 4.39 Å². The Bertz CT molecular complexity index is 387. The Morgan fingerprint density at radius 1 is 1.44 bits per heavy atom. The second kappa shape index (κ2) is 8.11. The van der Waals surface area contributed by atoms with Crippen LogP contribution in [0, 0.1) is 5.82 Å². The van der Waals surface area contributed by atoms with Gasteiger partial charge in [0.2, 0.25) is 5.91 Å². The van der Waals surface area contributed by atoms with Crippen molar-refractivity contribution in [1.29, 1.82) is 0 Å². The van der Waals surface area contributed by atoms with E-state index < -0.39 is 0 Å². The second-order valence-electron chi connectivity index (χ2n) is 3.97. The average molecular weight is 271 g/mol. The van der Waals surface area contributed by atoms with E-state index in [1.54, 1.807) is 25.2 Å². The molecule has 0 radical (unpaired) electrons. The van der Waals surface area contributed by atoms with Crippen molar-refractivity contribution >= 4 is 17.7 Å². The molecule has 1 amide bonds.